The van der Waals surface area contributed by atoms with Crippen LogP contribution in [0.3, 0.4) is 0 Å². The molecule has 0 aromatic heterocycles. The van der Waals surface area contributed by atoms with Crippen molar-refractivity contribution in [2.24, 2.45) is 0 Å². The van der Waals surface area contributed by atoms with Gasteiger partial charge in [-0.2, -0.15) is 0 Å². The maximum atomic E-state index is 11.1. The average molecular weight is 344 g/mol. The van der Waals surface area contributed by atoms with Gasteiger partial charge in [-0.3, -0.25) is 0 Å². The van der Waals surface area contributed by atoms with Crippen LogP contribution >= 0.6 is 65.6 Å². The van der Waals surface area contributed by atoms with Crippen LogP contribution < -0.4 is 4.52 Å². The lowest BCUT2D eigenvalue weighted by Crippen LogP contribution is -1.93. The van der Waals surface area contributed by atoms with Crippen molar-refractivity contribution in [2.45, 2.75) is 0 Å². The summed E-state index contributed by atoms with van der Waals surface area (Å²) in [5, 5.41) is -0.577. The zero-order chi connectivity index (χ0) is 12.7. The normalized spacial score (nSPS) is 14.7. The number of hydrogen-bond acceptors (Lipinski definition) is 2. The average Bonchev–Trinajstić information content (AvgIpc) is 2.17. The van der Waals surface area contributed by atoms with Crippen molar-refractivity contribution in [2.75, 3.05) is 6.66 Å². The second-order valence-electron chi connectivity index (χ2n) is 2.79. The molecular weight excluding hydrogens is 340 g/mol. The van der Waals surface area contributed by atoms with E-state index in [0.717, 1.165) is 6.66 Å². The monoisotopic (exact) mass is 342 g/mol. The van der Waals surface area contributed by atoms with Crippen molar-refractivity contribution in [3.05, 3.63) is 25.1 Å². The van der Waals surface area contributed by atoms with Crippen LogP contribution in [0.5, 0.6) is 5.75 Å². The second kappa shape index (κ2) is 5.11. The van der Waals surface area contributed by atoms with Gasteiger partial charge in [0.15, 0.2) is 5.75 Å². The highest BCUT2D eigenvalue weighted by atomic mass is 35.5. The molecule has 0 fully saturated rings. The van der Waals surface area contributed by atoms with Crippen molar-refractivity contribution in [1.29, 1.82) is 0 Å². The lowest BCUT2D eigenvalue weighted by molar-refractivity contribution is 0.387. The summed E-state index contributed by atoms with van der Waals surface area (Å²) in [5.41, 5.74) is 0. The first-order valence-electron chi connectivity index (χ1n) is 3.66. The van der Waals surface area contributed by atoms with E-state index in [0.29, 0.717) is 0 Å². The van der Waals surface area contributed by atoms with Crippen LogP contribution in [0.4, 0.5) is 0 Å². The Kier molecular flexibility index (Phi) is 4.70. The minimum atomic E-state index is -3.83. The van der Waals surface area contributed by atoms with E-state index >= 15 is 0 Å². The molecule has 9 heteroatoms. The number of halogens is 5. The fourth-order valence-corrected chi connectivity index (χ4v) is 2.66. The summed E-state index contributed by atoms with van der Waals surface area (Å²) in [7, 11) is -3.83. The maximum Gasteiger partial charge on any atom is 0.373 e. The van der Waals surface area contributed by atoms with Gasteiger partial charge in [0.2, 0.25) is 0 Å². The highest BCUT2D eigenvalue weighted by Gasteiger charge is 2.24. The van der Waals surface area contributed by atoms with E-state index in [9.17, 15) is 4.57 Å². The Bertz CT molecular complexity index is 454. The fourth-order valence-electron chi connectivity index (χ4n) is 0.834. The van der Waals surface area contributed by atoms with E-state index in [-0.39, 0.29) is 30.9 Å². The molecule has 1 N–H and O–H groups in total. The van der Waals surface area contributed by atoms with Crippen LogP contribution in [0.25, 0.3) is 0 Å². The number of rotatable bonds is 2. The van der Waals surface area contributed by atoms with Crippen LogP contribution in [0, 0.1) is 0 Å². The van der Waals surface area contributed by atoms with E-state index in [1.165, 1.54) is 0 Å². The Morgan fingerprint density at radius 1 is 0.938 bits per heavy atom. The minimum absolute atomic E-state index is 0.0467. The quantitative estimate of drug-likeness (QED) is 0.459. The third-order valence-electron chi connectivity index (χ3n) is 1.43. The SMILES string of the molecule is CP(=O)(O)Oc1c(Cl)c(Cl)c(Cl)c(Cl)c1Cl. The number of hydrogen-bond donors (Lipinski definition) is 1. The van der Waals surface area contributed by atoms with Crippen LogP contribution in [-0.2, 0) is 4.57 Å². The van der Waals surface area contributed by atoms with Crippen LogP contribution in [0.15, 0.2) is 0 Å². The molecular formula is C7H4Cl5O3P. The van der Waals surface area contributed by atoms with E-state index in [1.54, 1.807) is 0 Å². The van der Waals surface area contributed by atoms with Crippen molar-refractivity contribution < 1.29 is 14.0 Å². The second-order valence-corrected chi connectivity index (χ2v) is 6.47. The van der Waals surface area contributed by atoms with E-state index in [1.807, 2.05) is 0 Å². The molecule has 0 heterocycles. The smallest absolute Gasteiger partial charge is 0.373 e. The van der Waals surface area contributed by atoms with Crippen molar-refractivity contribution in [3.8, 4) is 5.75 Å². The Morgan fingerprint density at radius 3 is 1.56 bits per heavy atom. The molecule has 90 valence electrons. The van der Waals surface area contributed by atoms with Crippen LogP contribution in [-0.4, -0.2) is 11.6 Å². The van der Waals surface area contributed by atoms with Crippen molar-refractivity contribution >= 4 is 65.6 Å². The standard InChI is InChI=1S/C7H4Cl5O3P/c1-16(13,14)15-7-5(11)3(9)2(8)4(10)6(7)12/h1H3,(H,13,14). The van der Waals surface area contributed by atoms with E-state index < -0.39 is 7.60 Å². The highest BCUT2D eigenvalue weighted by Crippen LogP contribution is 2.52. The van der Waals surface area contributed by atoms with Gasteiger partial charge in [-0.15, -0.1) is 0 Å². The van der Waals surface area contributed by atoms with E-state index in [4.69, 9.17) is 67.4 Å². The minimum Gasteiger partial charge on any atom is -0.421 e. The first kappa shape index (κ1) is 14.7. The highest BCUT2D eigenvalue weighted by molar-refractivity contribution is 7.52. The van der Waals surface area contributed by atoms with Gasteiger partial charge in [0, 0.05) is 6.66 Å². The molecule has 1 aromatic rings. The molecule has 1 unspecified atom stereocenters. The molecule has 0 amide bonds. The molecule has 0 aliphatic rings. The molecule has 1 rings (SSSR count). The Morgan fingerprint density at radius 2 is 1.25 bits per heavy atom. The molecule has 1 aromatic carbocycles. The summed E-state index contributed by atoms with van der Waals surface area (Å²) >= 11 is 28.7. The van der Waals surface area contributed by atoms with Gasteiger partial charge in [0.25, 0.3) is 0 Å². The predicted octanol–water partition coefficient (Wildman–Crippen LogP) is 5.15. The summed E-state index contributed by atoms with van der Waals surface area (Å²) in [6.07, 6.45) is 0. The molecule has 0 radical (unpaired) electrons. The Balaban J connectivity index is 3.46. The van der Waals surface area contributed by atoms with E-state index in [2.05, 4.69) is 0 Å². The van der Waals surface area contributed by atoms with Crippen molar-refractivity contribution in [1.82, 2.24) is 0 Å². The molecule has 16 heavy (non-hydrogen) atoms. The molecule has 0 saturated carbocycles. The third-order valence-corrected chi connectivity index (χ3v) is 4.19. The fraction of sp³-hybridized carbons (Fsp3) is 0.143. The van der Waals surface area contributed by atoms with Crippen LogP contribution in [0.1, 0.15) is 0 Å². The maximum absolute atomic E-state index is 11.1. The molecule has 0 aliphatic carbocycles. The molecule has 0 saturated heterocycles. The van der Waals surface area contributed by atoms with Gasteiger partial charge in [0.1, 0.15) is 10.0 Å². The largest absolute Gasteiger partial charge is 0.421 e. The lowest BCUT2D eigenvalue weighted by atomic mass is 10.3. The van der Waals surface area contributed by atoms with Gasteiger partial charge in [0.05, 0.1) is 15.1 Å². The van der Waals surface area contributed by atoms with Gasteiger partial charge in [-0.05, 0) is 0 Å². The topological polar surface area (TPSA) is 46.5 Å². The number of benzene rings is 1. The molecule has 3 nitrogen and oxygen atoms in total. The molecule has 0 spiro atoms. The van der Waals surface area contributed by atoms with Gasteiger partial charge in [-0.1, -0.05) is 58.0 Å². The van der Waals surface area contributed by atoms with Crippen LogP contribution in [0.2, 0.25) is 25.1 Å². The molecule has 1 atom stereocenters. The summed E-state index contributed by atoms with van der Waals surface area (Å²) < 4.78 is 15.8. The lowest BCUT2D eigenvalue weighted by Gasteiger charge is -2.14. The predicted molar refractivity (Wildman–Crippen MR) is 67.9 cm³/mol. The summed E-state index contributed by atoms with van der Waals surface area (Å²) in [6, 6.07) is 0. The zero-order valence-electron chi connectivity index (χ0n) is 7.60. The Hall–Kier alpha value is 0.660. The third kappa shape index (κ3) is 3.11. The summed E-state index contributed by atoms with van der Waals surface area (Å²) in [4.78, 5) is 9.07. The molecule has 0 aliphatic heterocycles. The summed E-state index contributed by atoms with van der Waals surface area (Å²) in [6.45, 7) is 0.968. The first-order chi connectivity index (χ1) is 7.15. The van der Waals surface area contributed by atoms with Gasteiger partial charge < -0.3 is 9.42 Å². The Labute approximate surface area is 117 Å². The summed E-state index contributed by atoms with van der Waals surface area (Å²) in [5.74, 6) is -0.268. The van der Waals surface area contributed by atoms with Crippen molar-refractivity contribution in [3.63, 3.8) is 0 Å². The first-order valence-corrected chi connectivity index (χ1v) is 7.58. The zero-order valence-corrected chi connectivity index (χ0v) is 12.3. The van der Waals surface area contributed by atoms with Gasteiger partial charge in [-0.25, -0.2) is 4.57 Å². The molecule has 0 bridgehead atoms. The van der Waals surface area contributed by atoms with Gasteiger partial charge >= 0.3 is 7.60 Å².